The SMILES string of the molecule is Cc1ccccc1C(=O)C1CC2CCC1O2. The molecule has 0 spiro atoms. The Hall–Kier alpha value is -1.15. The maximum absolute atomic E-state index is 12.4. The molecule has 1 aromatic carbocycles. The molecule has 0 aliphatic carbocycles. The molecule has 0 aromatic heterocycles. The van der Waals surface area contributed by atoms with Gasteiger partial charge in [-0.1, -0.05) is 24.3 Å². The highest BCUT2D eigenvalue weighted by atomic mass is 16.5. The van der Waals surface area contributed by atoms with E-state index in [4.69, 9.17) is 4.74 Å². The van der Waals surface area contributed by atoms with Crippen molar-refractivity contribution in [1.82, 2.24) is 0 Å². The number of rotatable bonds is 2. The summed E-state index contributed by atoms with van der Waals surface area (Å²) in [5, 5.41) is 0. The van der Waals surface area contributed by atoms with Crippen molar-refractivity contribution in [3.63, 3.8) is 0 Å². The molecule has 2 fully saturated rings. The molecule has 1 aromatic rings. The summed E-state index contributed by atoms with van der Waals surface area (Å²) in [6.07, 6.45) is 3.67. The molecular formula is C14H16O2. The van der Waals surface area contributed by atoms with Crippen LogP contribution in [0.5, 0.6) is 0 Å². The van der Waals surface area contributed by atoms with E-state index in [0.29, 0.717) is 6.10 Å². The minimum atomic E-state index is 0.111. The standard InChI is InChI=1S/C14H16O2/c1-9-4-2-3-5-11(9)14(15)12-8-10-6-7-13(12)16-10/h2-5,10,12-13H,6-8H2,1H3. The topological polar surface area (TPSA) is 26.3 Å². The lowest BCUT2D eigenvalue weighted by Crippen LogP contribution is -2.25. The van der Waals surface area contributed by atoms with Crippen LogP contribution >= 0.6 is 0 Å². The molecule has 3 unspecified atom stereocenters. The normalized spacial score (nSPS) is 31.9. The van der Waals surface area contributed by atoms with Gasteiger partial charge < -0.3 is 4.74 Å². The maximum atomic E-state index is 12.4. The second-order valence-electron chi connectivity index (χ2n) is 4.90. The van der Waals surface area contributed by atoms with Gasteiger partial charge in [0.15, 0.2) is 5.78 Å². The number of aryl methyl sites for hydroxylation is 1. The van der Waals surface area contributed by atoms with Crippen LogP contribution in [0, 0.1) is 12.8 Å². The Labute approximate surface area is 95.6 Å². The average molecular weight is 216 g/mol. The number of benzene rings is 1. The van der Waals surface area contributed by atoms with Gasteiger partial charge in [0, 0.05) is 5.56 Å². The first kappa shape index (κ1) is 10.0. The van der Waals surface area contributed by atoms with Gasteiger partial charge in [-0.15, -0.1) is 0 Å². The Morgan fingerprint density at radius 3 is 2.75 bits per heavy atom. The highest BCUT2D eigenvalue weighted by molar-refractivity contribution is 5.99. The molecule has 2 saturated heterocycles. The first-order valence-electron chi connectivity index (χ1n) is 6.01. The van der Waals surface area contributed by atoms with E-state index in [1.165, 1.54) is 0 Å². The summed E-state index contributed by atoms with van der Waals surface area (Å²) in [6, 6.07) is 7.85. The third-order valence-electron chi connectivity index (χ3n) is 3.85. The number of Topliss-reactive ketones (excluding diaryl/α,β-unsaturated/α-hetero) is 1. The molecule has 2 heteroatoms. The maximum Gasteiger partial charge on any atom is 0.168 e. The van der Waals surface area contributed by atoms with Crippen molar-refractivity contribution >= 4 is 5.78 Å². The van der Waals surface area contributed by atoms with Crippen LogP contribution < -0.4 is 0 Å². The van der Waals surface area contributed by atoms with Crippen LogP contribution in [-0.4, -0.2) is 18.0 Å². The van der Waals surface area contributed by atoms with Crippen LogP contribution in [0.15, 0.2) is 24.3 Å². The number of hydrogen-bond donors (Lipinski definition) is 0. The number of carbonyl (C=O) groups is 1. The minimum absolute atomic E-state index is 0.111. The minimum Gasteiger partial charge on any atom is -0.374 e. The second kappa shape index (κ2) is 3.70. The van der Waals surface area contributed by atoms with Gasteiger partial charge in [0.2, 0.25) is 0 Å². The summed E-state index contributed by atoms with van der Waals surface area (Å²) in [6.45, 7) is 2.00. The zero-order valence-corrected chi connectivity index (χ0v) is 9.48. The van der Waals surface area contributed by atoms with Crippen LogP contribution in [0.3, 0.4) is 0 Å². The molecule has 0 amide bonds. The smallest absolute Gasteiger partial charge is 0.168 e. The lowest BCUT2D eigenvalue weighted by atomic mass is 9.83. The highest BCUT2D eigenvalue weighted by Gasteiger charge is 2.44. The second-order valence-corrected chi connectivity index (χ2v) is 4.90. The summed E-state index contributed by atoms with van der Waals surface area (Å²) >= 11 is 0. The highest BCUT2D eigenvalue weighted by Crippen LogP contribution is 2.40. The molecule has 84 valence electrons. The van der Waals surface area contributed by atoms with E-state index in [1.807, 2.05) is 31.2 Å². The fourth-order valence-electron chi connectivity index (χ4n) is 2.96. The lowest BCUT2D eigenvalue weighted by molar-refractivity contribution is 0.0743. The molecule has 0 N–H and O–H groups in total. The first-order chi connectivity index (χ1) is 7.75. The number of ether oxygens (including phenoxy) is 1. The number of fused-ring (bicyclic) bond motifs is 2. The van der Waals surface area contributed by atoms with E-state index >= 15 is 0 Å². The first-order valence-corrected chi connectivity index (χ1v) is 6.01. The fourth-order valence-corrected chi connectivity index (χ4v) is 2.96. The Kier molecular flexibility index (Phi) is 2.32. The zero-order valence-electron chi connectivity index (χ0n) is 9.48. The van der Waals surface area contributed by atoms with Crippen LogP contribution in [0.1, 0.15) is 35.2 Å². The molecule has 2 nitrogen and oxygen atoms in total. The van der Waals surface area contributed by atoms with Gasteiger partial charge in [0.25, 0.3) is 0 Å². The molecule has 2 heterocycles. The van der Waals surface area contributed by atoms with Crippen molar-refractivity contribution in [1.29, 1.82) is 0 Å². The summed E-state index contributed by atoms with van der Waals surface area (Å²) < 4.78 is 5.75. The molecule has 3 atom stereocenters. The quantitative estimate of drug-likeness (QED) is 0.710. The summed E-state index contributed by atoms with van der Waals surface area (Å²) in [4.78, 5) is 12.4. The molecule has 0 radical (unpaired) electrons. The molecular weight excluding hydrogens is 200 g/mol. The number of hydrogen-bond acceptors (Lipinski definition) is 2. The Morgan fingerprint density at radius 1 is 1.31 bits per heavy atom. The van der Waals surface area contributed by atoms with Gasteiger partial charge >= 0.3 is 0 Å². The van der Waals surface area contributed by atoms with Crippen LogP contribution in [-0.2, 0) is 4.74 Å². The molecule has 2 aliphatic rings. The van der Waals surface area contributed by atoms with Crippen molar-refractivity contribution in [3.8, 4) is 0 Å². The van der Waals surface area contributed by atoms with Crippen molar-refractivity contribution in [3.05, 3.63) is 35.4 Å². The monoisotopic (exact) mass is 216 g/mol. The average Bonchev–Trinajstić information content (AvgIpc) is 2.90. The van der Waals surface area contributed by atoms with Crippen LogP contribution in [0.4, 0.5) is 0 Å². The van der Waals surface area contributed by atoms with E-state index in [9.17, 15) is 4.79 Å². The predicted octanol–water partition coefficient (Wildman–Crippen LogP) is 2.75. The summed E-state index contributed by atoms with van der Waals surface area (Å²) in [5.41, 5.74) is 1.96. The van der Waals surface area contributed by atoms with Gasteiger partial charge in [-0.2, -0.15) is 0 Å². The molecule has 2 aliphatic heterocycles. The van der Waals surface area contributed by atoms with Gasteiger partial charge in [0.05, 0.1) is 18.1 Å². The predicted molar refractivity (Wildman–Crippen MR) is 61.5 cm³/mol. The largest absolute Gasteiger partial charge is 0.374 e. The third-order valence-corrected chi connectivity index (χ3v) is 3.85. The van der Waals surface area contributed by atoms with Gasteiger partial charge in [-0.25, -0.2) is 0 Å². The number of ketones is 1. The Balaban J connectivity index is 1.86. The van der Waals surface area contributed by atoms with Crippen molar-refractivity contribution in [2.24, 2.45) is 5.92 Å². The van der Waals surface area contributed by atoms with Crippen molar-refractivity contribution in [2.45, 2.75) is 38.4 Å². The van der Waals surface area contributed by atoms with Crippen LogP contribution in [0.25, 0.3) is 0 Å². The van der Waals surface area contributed by atoms with E-state index in [-0.39, 0.29) is 17.8 Å². The zero-order chi connectivity index (χ0) is 11.1. The Bertz CT molecular complexity index is 424. The summed E-state index contributed by atoms with van der Waals surface area (Å²) in [5.74, 6) is 0.394. The fraction of sp³-hybridized carbons (Fsp3) is 0.500. The lowest BCUT2D eigenvalue weighted by Gasteiger charge is -2.18. The van der Waals surface area contributed by atoms with Gasteiger partial charge in [0.1, 0.15) is 0 Å². The molecule has 2 bridgehead atoms. The van der Waals surface area contributed by atoms with E-state index in [0.717, 1.165) is 30.4 Å². The molecule has 3 rings (SSSR count). The van der Waals surface area contributed by atoms with Gasteiger partial charge in [-0.05, 0) is 31.7 Å². The molecule has 16 heavy (non-hydrogen) atoms. The van der Waals surface area contributed by atoms with E-state index < -0.39 is 0 Å². The number of carbonyl (C=O) groups excluding carboxylic acids is 1. The summed E-state index contributed by atoms with van der Waals surface area (Å²) in [7, 11) is 0. The van der Waals surface area contributed by atoms with E-state index in [2.05, 4.69) is 0 Å². The van der Waals surface area contributed by atoms with E-state index in [1.54, 1.807) is 0 Å². The van der Waals surface area contributed by atoms with Crippen molar-refractivity contribution in [2.75, 3.05) is 0 Å². The van der Waals surface area contributed by atoms with Gasteiger partial charge in [-0.3, -0.25) is 4.79 Å². The van der Waals surface area contributed by atoms with Crippen LogP contribution in [0.2, 0.25) is 0 Å². The third kappa shape index (κ3) is 1.49. The molecule has 0 saturated carbocycles. The van der Waals surface area contributed by atoms with Crippen molar-refractivity contribution < 1.29 is 9.53 Å². The Morgan fingerprint density at radius 2 is 2.12 bits per heavy atom.